The third-order valence-corrected chi connectivity index (χ3v) is 8.63. The van der Waals surface area contributed by atoms with E-state index in [-0.39, 0.29) is 17.7 Å². The van der Waals surface area contributed by atoms with E-state index in [0.29, 0.717) is 32.4 Å². The van der Waals surface area contributed by atoms with Crippen LogP contribution in [0.25, 0.3) is 10.9 Å². The zero-order valence-corrected chi connectivity index (χ0v) is 28.1. The monoisotopic (exact) mass is 631 g/mol. The second-order valence-electron chi connectivity index (χ2n) is 12.6. The van der Waals surface area contributed by atoms with Crippen molar-refractivity contribution in [2.75, 3.05) is 6.54 Å². The molecule has 252 valence electrons. The number of benzene rings is 1. The number of pyridine rings is 1. The molecule has 8 nitrogen and oxygen atoms in total. The number of carbonyl (C=O) groups is 3. The molecule has 0 aliphatic heterocycles. The van der Waals surface area contributed by atoms with Crippen molar-refractivity contribution in [2.45, 2.75) is 135 Å². The largest absolute Gasteiger partial charge is 0.361 e. The fourth-order valence-electron chi connectivity index (χ4n) is 5.83. The van der Waals surface area contributed by atoms with Gasteiger partial charge < -0.3 is 20.9 Å². The van der Waals surface area contributed by atoms with E-state index in [1.165, 1.54) is 44.9 Å². The smallest absolute Gasteiger partial charge is 0.242 e. The molecule has 1 aromatic carbocycles. The number of aromatic nitrogens is 2. The van der Waals surface area contributed by atoms with Gasteiger partial charge in [-0.15, -0.1) is 0 Å². The fraction of sp³-hybridized carbons (Fsp3) is 0.579. The summed E-state index contributed by atoms with van der Waals surface area (Å²) in [4.78, 5) is 45.4. The second kappa shape index (κ2) is 22.8. The van der Waals surface area contributed by atoms with Gasteiger partial charge >= 0.3 is 0 Å². The van der Waals surface area contributed by atoms with E-state index in [0.717, 1.165) is 73.4 Å². The maximum atomic E-state index is 13.2. The van der Waals surface area contributed by atoms with Crippen LogP contribution in [0.3, 0.4) is 0 Å². The van der Waals surface area contributed by atoms with Gasteiger partial charge in [0.05, 0.1) is 0 Å². The summed E-state index contributed by atoms with van der Waals surface area (Å²) in [5.41, 5.74) is 3.14. The molecule has 0 spiro atoms. The van der Waals surface area contributed by atoms with E-state index in [4.69, 9.17) is 0 Å². The second-order valence-corrected chi connectivity index (χ2v) is 12.6. The average Bonchev–Trinajstić information content (AvgIpc) is 3.48. The molecule has 3 amide bonds. The molecule has 0 aliphatic carbocycles. The predicted octanol–water partition coefficient (Wildman–Crippen LogP) is 7.67. The number of amides is 3. The van der Waals surface area contributed by atoms with Gasteiger partial charge in [0.15, 0.2) is 0 Å². The fourth-order valence-corrected chi connectivity index (χ4v) is 5.83. The highest BCUT2D eigenvalue weighted by Gasteiger charge is 2.22. The molecule has 0 saturated carbocycles. The summed E-state index contributed by atoms with van der Waals surface area (Å²) in [6.45, 7) is 3.39. The number of aromatic amines is 1. The van der Waals surface area contributed by atoms with Crippen molar-refractivity contribution in [2.24, 2.45) is 0 Å². The van der Waals surface area contributed by atoms with Crippen LogP contribution >= 0.6 is 0 Å². The highest BCUT2D eigenvalue weighted by molar-refractivity contribution is 5.89. The highest BCUT2D eigenvalue weighted by atomic mass is 16.2. The lowest BCUT2D eigenvalue weighted by Gasteiger charge is -2.18. The highest BCUT2D eigenvalue weighted by Crippen LogP contribution is 2.19. The summed E-state index contributed by atoms with van der Waals surface area (Å²) < 4.78 is 0. The molecule has 0 fully saturated rings. The van der Waals surface area contributed by atoms with Gasteiger partial charge in [-0.3, -0.25) is 19.4 Å². The zero-order chi connectivity index (χ0) is 32.7. The van der Waals surface area contributed by atoms with Gasteiger partial charge in [0.25, 0.3) is 0 Å². The van der Waals surface area contributed by atoms with Crippen molar-refractivity contribution < 1.29 is 14.4 Å². The summed E-state index contributed by atoms with van der Waals surface area (Å²) in [6.07, 6.45) is 23.6. The third kappa shape index (κ3) is 15.1. The van der Waals surface area contributed by atoms with Gasteiger partial charge in [-0.05, 0) is 48.6 Å². The molecule has 4 N–H and O–H groups in total. The van der Waals surface area contributed by atoms with Gasteiger partial charge in [0.2, 0.25) is 17.7 Å². The first-order valence-electron chi connectivity index (χ1n) is 17.8. The minimum absolute atomic E-state index is 0.0425. The van der Waals surface area contributed by atoms with Crippen molar-refractivity contribution in [3.8, 4) is 0 Å². The molecule has 1 atom stereocenters. The number of nitrogens with one attached hydrogen (secondary N) is 4. The van der Waals surface area contributed by atoms with E-state index in [9.17, 15) is 14.4 Å². The van der Waals surface area contributed by atoms with Crippen molar-refractivity contribution in [3.63, 3.8) is 0 Å². The Bertz CT molecular complexity index is 1280. The van der Waals surface area contributed by atoms with Crippen molar-refractivity contribution in [1.29, 1.82) is 0 Å². The zero-order valence-electron chi connectivity index (χ0n) is 28.1. The van der Waals surface area contributed by atoms with Crippen LogP contribution in [0.5, 0.6) is 0 Å². The molecule has 0 aliphatic rings. The number of rotatable bonds is 25. The maximum absolute atomic E-state index is 13.2. The van der Waals surface area contributed by atoms with E-state index in [2.05, 4.69) is 38.9 Å². The number of para-hydroxylation sites is 1. The molecule has 8 heteroatoms. The molecule has 46 heavy (non-hydrogen) atoms. The molecule has 3 aromatic rings. The van der Waals surface area contributed by atoms with Crippen LogP contribution in [0.2, 0.25) is 0 Å². The molecule has 2 aromatic heterocycles. The SMILES string of the molecule is CCCCCCCCCC(=O)NC(Cc1c[nH]c2ccccc12)C(=O)NCCCCCCCCCCC(=O)NCc1ccncc1. The van der Waals surface area contributed by atoms with Crippen LogP contribution in [0, 0.1) is 0 Å². The van der Waals surface area contributed by atoms with Crippen LogP contribution in [-0.2, 0) is 27.3 Å². The summed E-state index contributed by atoms with van der Waals surface area (Å²) in [5, 5.41) is 10.2. The van der Waals surface area contributed by atoms with E-state index >= 15 is 0 Å². The number of fused-ring (bicyclic) bond motifs is 1. The summed E-state index contributed by atoms with van der Waals surface area (Å²) >= 11 is 0. The number of unbranched alkanes of at least 4 members (excludes halogenated alkanes) is 13. The Morgan fingerprint density at radius 2 is 1.33 bits per heavy atom. The molecule has 0 saturated heterocycles. The number of nitrogens with zero attached hydrogens (tertiary/aromatic N) is 1. The van der Waals surface area contributed by atoms with Gasteiger partial charge in [-0.1, -0.05) is 102 Å². The minimum atomic E-state index is -0.589. The quantitative estimate of drug-likeness (QED) is 0.0718. The third-order valence-electron chi connectivity index (χ3n) is 8.63. The van der Waals surface area contributed by atoms with Crippen LogP contribution < -0.4 is 16.0 Å². The van der Waals surface area contributed by atoms with Gasteiger partial charge in [0, 0.05) is 61.8 Å². The molecule has 3 rings (SSSR count). The van der Waals surface area contributed by atoms with Crippen LogP contribution in [-0.4, -0.2) is 40.3 Å². The summed E-state index contributed by atoms with van der Waals surface area (Å²) in [6, 6.07) is 11.3. The van der Waals surface area contributed by atoms with Crippen LogP contribution in [0.4, 0.5) is 0 Å². The van der Waals surface area contributed by atoms with E-state index in [1.54, 1.807) is 12.4 Å². The first kappa shape index (κ1) is 36.8. The molecule has 2 heterocycles. The lowest BCUT2D eigenvalue weighted by atomic mass is 10.0. The van der Waals surface area contributed by atoms with Gasteiger partial charge in [-0.2, -0.15) is 0 Å². The van der Waals surface area contributed by atoms with E-state index < -0.39 is 6.04 Å². The van der Waals surface area contributed by atoms with E-state index in [1.807, 2.05) is 36.5 Å². The summed E-state index contributed by atoms with van der Waals surface area (Å²) in [5.74, 6) is -0.0441. The molecule has 0 bridgehead atoms. The standard InChI is InChI=1S/C38H57N5O3/c1-2-3-4-5-8-12-15-22-37(45)43-35(28-32-30-41-34-20-17-16-19-33(32)34)38(46)40-25-18-13-10-7-6-9-11-14-21-36(44)42-29-31-23-26-39-27-24-31/h16-17,19-20,23-24,26-27,30,35,41H,2-15,18,21-22,25,28-29H2,1H3,(H,40,46)(H,42,44)(H,43,45). The first-order chi connectivity index (χ1) is 22.6. The van der Waals surface area contributed by atoms with Crippen LogP contribution in [0.15, 0.2) is 55.0 Å². The Hall–Kier alpha value is -3.68. The first-order valence-corrected chi connectivity index (χ1v) is 17.8. The lowest BCUT2D eigenvalue weighted by molar-refractivity contribution is -0.129. The van der Waals surface area contributed by atoms with Gasteiger partial charge in [-0.25, -0.2) is 0 Å². The molecule has 0 radical (unpaired) electrons. The number of hydrogen-bond acceptors (Lipinski definition) is 4. The Morgan fingerprint density at radius 3 is 2.02 bits per heavy atom. The Morgan fingerprint density at radius 1 is 0.717 bits per heavy atom. The van der Waals surface area contributed by atoms with Crippen molar-refractivity contribution in [1.82, 2.24) is 25.9 Å². The predicted molar refractivity (Wildman–Crippen MR) is 187 cm³/mol. The molecule has 1 unspecified atom stereocenters. The number of carbonyl (C=O) groups excluding carboxylic acids is 3. The average molecular weight is 632 g/mol. The van der Waals surface area contributed by atoms with Gasteiger partial charge in [0.1, 0.15) is 6.04 Å². The molecular formula is C38H57N5O3. The maximum Gasteiger partial charge on any atom is 0.242 e. The number of hydrogen-bond donors (Lipinski definition) is 4. The molecular weight excluding hydrogens is 574 g/mol. The minimum Gasteiger partial charge on any atom is -0.361 e. The summed E-state index contributed by atoms with van der Waals surface area (Å²) in [7, 11) is 0. The normalized spacial score (nSPS) is 11.8. The van der Waals surface area contributed by atoms with Crippen molar-refractivity contribution in [3.05, 3.63) is 66.1 Å². The van der Waals surface area contributed by atoms with Crippen LogP contribution in [0.1, 0.15) is 127 Å². The lowest BCUT2D eigenvalue weighted by Crippen LogP contribution is -2.48. The Kier molecular flexibility index (Phi) is 18.2. The Balaban J connectivity index is 1.28. The topological polar surface area (TPSA) is 116 Å². The Labute approximate surface area is 276 Å². The van der Waals surface area contributed by atoms with Crippen molar-refractivity contribution >= 4 is 28.6 Å². The number of H-pyrrole nitrogens is 1.